The van der Waals surface area contributed by atoms with Crippen LogP contribution in [0.3, 0.4) is 0 Å². The van der Waals surface area contributed by atoms with Gasteiger partial charge in [0.25, 0.3) is 0 Å². The molecule has 0 spiro atoms. The highest BCUT2D eigenvalue weighted by Crippen LogP contribution is 2.37. The number of hydrogen-bond donors (Lipinski definition) is 1. The van der Waals surface area contributed by atoms with Gasteiger partial charge in [0.15, 0.2) is 17.3 Å². The van der Waals surface area contributed by atoms with E-state index in [-0.39, 0.29) is 26.6 Å². The van der Waals surface area contributed by atoms with Crippen molar-refractivity contribution in [2.45, 2.75) is 0 Å². The molecule has 0 saturated heterocycles. The van der Waals surface area contributed by atoms with Gasteiger partial charge in [-0.05, 0) is 40.2 Å². The van der Waals surface area contributed by atoms with Crippen LogP contribution in [0.25, 0.3) is 0 Å². The van der Waals surface area contributed by atoms with Crippen LogP contribution in [0.1, 0.15) is 5.56 Å². The van der Waals surface area contributed by atoms with Crippen LogP contribution in [0.5, 0.6) is 11.5 Å². The molecule has 0 aliphatic carbocycles. The first-order valence-electron chi connectivity index (χ1n) is 5.14. The van der Waals surface area contributed by atoms with Crippen LogP contribution in [-0.4, -0.2) is 0 Å². The summed E-state index contributed by atoms with van der Waals surface area (Å²) in [5, 5.41) is 9.06. The zero-order valence-corrected chi connectivity index (χ0v) is 11.8. The number of nitriles is 1. The minimum absolute atomic E-state index is 0.0399. The summed E-state index contributed by atoms with van der Waals surface area (Å²) in [5.41, 5.74) is 6.19. The summed E-state index contributed by atoms with van der Waals surface area (Å²) in [6.07, 6.45) is 0. The summed E-state index contributed by atoms with van der Waals surface area (Å²) in [6.45, 7) is 0. The van der Waals surface area contributed by atoms with Gasteiger partial charge in [0.2, 0.25) is 0 Å². The van der Waals surface area contributed by atoms with Crippen molar-refractivity contribution in [1.29, 1.82) is 5.26 Å². The molecule has 96 valence electrons. The Morgan fingerprint density at radius 3 is 2.68 bits per heavy atom. The van der Waals surface area contributed by atoms with Gasteiger partial charge >= 0.3 is 0 Å². The van der Waals surface area contributed by atoms with Gasteiger partial charge in [0, 0.05) is 0 Å². The van der Waals surface area contributed by atoms with Gasteiger partial charge in [-0.15, -0.1) is 0 Å². The standard InChI is InChI=1S/C13H7BrClFN2O/c14-11-7(6-17)4-5-10(12(11)16)19-13-8(15)2-1-3-9(13)18/h1-5H,18H2. The molecule has 2 rings (SSSR count). The molecule has 0 fully saturated rings. The lowest BCUT2D eigenvalue weighted by Crippen LogP contribution is -1.96. The Kier molecular flexibility index (Phi) is 3.93. The van der Waals surface area contributed by atoms with E-state index < -0.39 is 5.82 Å². The fourth-order valence-corrected chi connectivity index (χ4v) is 2.08. The molecule has 2 N–H and O–H groups in total. The third-order valence-electron chi connectivity index (χ3n) is 2.38. The van der Waals surface area contributed by atoms with Crippen molar-refractivity contribution in [3.63, 3.8) is 0 Å². The van der Waals surface area contributed by atoms with Crippen molar-refractivity contribution in [2.75, 3.05) is 5.73 Å². The molecular formula is C13H7BrClFN2O. The lowest BCUT2D eigenvalue weighted by atomic mass is 10.2. The molecule has 0 aromatic heterocycles. The van der Waals surface area contributed by atoms with Crippen molar-refractivity contribution in [2.24, 2.45) is 0 Å². The average Bonchev–Trinajstić information content (AvgIpc) is 2.39. The van der Waals surface area contributed by atoms with Crippen molar-refractivity contribution in [1.82, 2.24) is 0 Å². The monoisotopic (exact) mass is 340 g/mol. The SMILES string of the molecule is N#Cc1ccc(Oc2c(N)cccc2Cl)c(F)c1Br. The Hall–Kier alpha value is -1.77. The lowest BCUT2D eigenvalue weighted by Gasteiger charge is -2.11. The van der Waals surface area contributed by atoms with Crippen molar-refractivity contribution in [3.8, 4) is 17.6 Å². The Labute approximate surface area is 122 Å². The third kappa shape index (κ3) is 2.65. The summed E-state index contributed by atoms with van der Waals surface area (Å²) in [5.74, 6) is -0.566. The molecule has 0 radical (unpaired) electrons. The lowest BCUT2D eigenvalue weighted by molar-refractivity contribution is 0.442. The van der Waals surface area contributed by atoms with E-state index in [1.54, 1.807) is 18.2 Å². The highest BCUT2D eigenvalue weighted by molar-refractivity contribution is 9.10. The molecule has 0 bridgehead atoms. The number of rotatable bonds is 2. The Morgan fingerprint density at radius 1 is 1.32 bits per heavy atom. The van der Waals surface area contributed by atoms with E-state index in [9.17, 15) is 4.39 Å². The van der Waals surface area contributed by atoms with Crippen molar-refractivity contribution in [3.05, 3.63) is 51.2 Å². The number of hydrogen-bond acceptors (Lipinski definition) is 3. The summed E-state index contributed by atoms with van der Waals surface area (Å²) < 4.78 is 19.4. The molecule has 0 atom stereocenters. The van der Waals surface area contributed by atoms with Gasteiger partial charge in [-0.2, -0.15) is 5.26 Å². The highest BCUT2D eigenvalue weighted by Gasteiger charge is 2.15. The first kappa shape index (κ1) is 13.7. The van der Waals surface area contributed by atoms with E-state index in [1.807, 2.05) is 6.07 Å². The topological polar surface area (TPSA) is 59.0 Å². The van der Waals surface area contributed by atoms with Gasteiger partial charge in [-0.1, -0.05) is 17.7 Å². The van der Waals surface area contributed by atoms with Crippen LogP contribution in [0.2, 0.25) is 5.02 Å². The van der Waals surface area contributed by atoms with Crippen LogP contribution in [0.15, 0.2) is 34.8 Å². The summed E-state index contributed by atoms with van der Waals surface area (Å²) in [7, 11) is 0. The van der Waals surface area contributed by atoms with Crippen molar-refractivity contribution >= 4 is 33.2 Å². The molecule has 0 aliphatic rings. The fraction of sp³-hybridized carbons (Fsp3) is 0. The van der Waals surface area contributed by atoms with Gasteiger partial charge < -0.3 is 10.5 Å². The van der Waals surface area contributed by atoms with Gasteiger partial charge in [0.1, 0.15) is 6.07 Å². The average molecular weight is 342 g/mol. The smallest absolute Gasteiger partial charge is 0.181 e. The molecule has 0 saturated carbocycles. The maximum Gasteiger partial charge on any atom is 0.181 e. The Morgan fingerprint density at radius 2 is 2.05 bits per heavy atom. The molecule has 19 heavy (non-hydrogen) atoms. The van der Waals surface area contributed by atoms with E-state index in [0.717, 1.165) is 0 Å². The molecule has 0 amide bonds. The van der Waals surface area contributed by atoms with Crippen LogP contribution in [-0.2, 0) is 0 Å². The molecular weight excluding hydrogens is 335 g/mol. The number of benzene rings is 2. The van der Waals surface area contributed by atoms with E-state index >= 15 is 0 Å². The molecule has 0 heterocycles. The molecule has 3 nitrogen and oxygen atoms in total. The first-order valence-corrected chi connectivity index (χ1v) is 6.31. The highest BCUT2D eigenvalue weighted by atomic mass is 79.9. The van der Waals surface area contributed by atoms with Gasteiger partial charge in [-0.25, -0.2) is 4.39 Å². The van der Waals surface area contributed by atoms with E-state index in [0.29, 0.717) is 5.69 Å². The first-order chi connectivity index (χ1) is 9.04. The van der Waals surface area contributed by atoms with Crippen molar-refractivity contribution < 1.29 is 9.13 Å². The molecule has 2 aromatic rings. The Balaban J connectivity index is 2.46. The second-order valence-electron chi connectivity index (χ2n) is 3.61. The fourth-order valence-electron chi connectivity index (χ4n) is 1.44. The summed E-state index contributed by atoms with van der Waals surface area (Å²) in [4.78, 5) is 0. The maximum absolute atomic E-state index is 14.0. The van der Waals surface area contributed by atoms with Crippen LogP contribution in [0.4, 0.5) is 10.1 Å². The molecule has 0 unspecified atom stereocenters. The number of ether oxygens (including phenoxy) is 1. The second-order valence-corrected chi connectivity index (χ2v) is 4.81. The number of nitrogens with two attached hydrogens (primary N) is 1. The zero-order valence-electron chi connectivity index (χ0n) is 9.45. The molecule has 6 heteroatoms. The van der Waals surface area contributed by atoms with Gasteiger partial charge in [-0.3, -0.25) is 0 Å². The van der Waals surface area contributed by atoms with Gasteiger partial charge in [0.05, 0.1) is 20.7 Å². The predicted molar refractivity (Wildman–Crippen MR) is 74.8 cm³/mol. The Bertz CT molecular complexity index is 665. The predicted octanol–water partition coefficient (Wildman–Crippen LogP) is 4.49. The normalized spacial score (nSPS) is 10.0. The van der Waals surface area contributed by atoms with E-state index in [4.69, 9.17) is 27.3 Å². The van der Waals surface area contributed by atoms with E-state index in [1.165, 1.54) is 12.1 Å². The van der Waals surface area contributed by atoms with Crippen LogP contribution >= 0.6 is 27.5 Å². The molecule has 0 aliphatic heterocycles. The largest absolute Gasteiger partial charge is 0.450 e. The zero-order chi connectivity index (χ0) is 14.0. The number of nitrogens with zero attached hydrogens (tertiary/aromatic N) is 1. The summed E-state index contributed by atoms with van der Waals surface area (Å²) in [6, 6.07) is 9.49. The van der Waals surface area contributed by atoms with Crippen LogP contribution in [0, 0.1) is 17.1 Å². The number of anilines is 1. The minimum atomic E-state index is -0.682. The minimum Gasteiger partial charge on any atom is -0.450 e. The second kappa shape index (κ2) is 5.47. The third-order valence-corrected chi connectivity index (χ3v) is 3.45. The number of nitrogen functional groups attached to an aromatic ring is 1. The number of para-hydroxylation sites is 1. The quantitative estimate of drug-likeness (QED) is 0.819. The van der Waals surface area contributed by atoms with E-state index in [2.05, 4.69) is 15.9 Å². The molecule has 2 aromatic carbocycles. The summed E-state index contributed by atoms with van der Waals surface area (Å²) >= 11 is 8.94. The van der Waals surface area contributed by atoms with Crippen LogP contribution < -0.4 is 10.5 Å². The maximum atomic E-state index is 14.0. The number of halogens is 3.